The molecule has 144 valence electrons. The number of benzene rings is 1. The van der Waals surface area contributed by atoms with Gasteiger partial charge in [-0.15, -0.1) is 0 Å². The highest BCUT2D eigenvalue weighted by atomic mass is 16.5. The first kappa shape index (κ1) is 18.2. The average molecular weight is 369 g/mol. The van der Waals surface area contributed by atoms with Gasteiger partial charge in [0.2, 0.25) is 5.88 Å². The predicted octanol–water partition coefficient (Wildman–Crippen LogP) is 2.57. The quantitative estimate of drug-likeness (QED) is 0.832. The number of ether oxygens (including phenoxy) is 2. The number of aromatic nitrogens is 1. The standard InChI is InChI=1S/C21H27N3O3/c1-26-20-15-18(17-5-2-3-6-19(17)22-20)21(25)24-10-7-16(8-11-24)23-9-4-13-27-14-12-23/h2-3,5-6,15-16H,4,7-14H2,1H3. The smallest absolute Gasteiger partial charge is 0.254 e. The first-order valence-electron chi connectivity index (χ1n) is 9.81. The maximum absolute atomic E-state index is 13.2. The molecule has 0 radical (unpaired) electrons. The number of carbonyl (C=O) groups excluding carboxylic acids is 1. The third kappa shape index (κ3) is 3.92. The van der Waals surface area contributed by atoms with E-state index in [0.717, 1.165) is 69.6 Å². The molecule has 1 aromatic carbocycles. The summed E-state index contributed by atoms with van der Waals surface area (Å²) in [7, 11) is 1.59. The molecule has 2 aliphatic rings. The fourth-order valence-corrected chi connectivity index (χ4v) is 4.17. The molecule has 2 saturated heterocycles. The highest BCUT2D eigenvalue weighted by Gasteiger charge is 2.28. The van der Waals surface area contributed by atoms with Crippen LogP contribution >= 0.6 is 0 Å². The van der Waals surface area contributed by atoms with Crippen LogP contribution < -0.4 is 4.74 Å². The number of methoxy groups -OCH3 is 1. The zero-order valence-corrected chi connectivity index (χ0v) is 15.9. The lowest BCUT2D eigenvalue weighted by Gasteiger charge is -2.38. The number of fused-ring (bicyclic) bond motifs is 1. The summed E-state index contributed by atoms with van der Waals surface area (Å²) in [6, 6.07) is 10.1. The Labute approximate surface area is 160 Å². The average Bonchev–Trinajstić information content (AvgIpc) is 3.02. The molecule has 2 aromatic rings. The fraction of sp³-hybridized carbons (Fsp3) is 0.524. The van der Waals surface area contributed by atoms with Gasteiger partial charge in [-0.3, -0.25) is 9.69 Å². The summed E-state index contributed by atoms with van der Waals surface area (Å²) < 4.78 is 10.9. The number of nitrogens with zero attached hydrogens (tertiary/aromatic N) is 3. The molecule has 6 nitrogen and oxygen atoms in total. The van der Waals surface area contributed by atoms with Gasteiger partial charge in [-0.2, -0.15) is 0 Å². The zero-order valence-electron chi connectivity index (χ0n) is 15.9. The zero-order chi connectivity index (χ0) is 18.6. The van der Waals surface area contributed by atoms with E-state index >= 15 is 0 Å². The van der Waals surface area contributed by atoms with Crippen LogP contribution in [-0.2, 0) is 4.74 Å². The molecule has 0 atom stereocenters. The van der Waals surface area contributed by atoms with Gasteiger partial charge in [-0.05, 0) is 25.3 Å². The number of amides is 1. The Hall–Kier alpha value is -2.18. The second kappa shape index (κ2) is 8.23. The highest BCUT2D eigenvalue weighted by Crippen LogP contribution is 2.25. The van der Waals surface area contributed by atoms with Crippen LogP contribution in [0.3, 0.4) is 0 Å². The summed E-state index contributed by atoms with van der Waals surface area (Å²) in [6.45, 7) is 5.38. The summed E-state index contributed by atoms with van der Waals surface area (Å²) in [5, 5.41) is 0.884. The van der Waals surface area contributed by atoms with Gasteiger partial charge in [-0.1, -0.05) is 18.2 Å². The van der Waals surface area contributed by atoms with Crippen LogP contribution in [0.2, 0.25) is 0 Å². The van der Waals surface area contributed by atoms with Gasteiger partial charge < -0.3 is 14.4 Å². The van der Waals surface area contributed by atoms with Crippen molar-refractivity contribution < 1.29 is 14.3 Å². The van der Waals surface area contributed by atoms with E-state index in [1.54, 1.807) is 13.2 Å². The molecule has 0 bridgehead atoms. The normalized spacial score (nSPS) is 19.8. The highest BCUT2D eigenvalue weighted by molar-refractivity contribution is 6.06. The Morgan fingerprint density at radius 3 is 2.78 bits per heavy atom. The van der Waals surface area contributed by atoms with Crippen molar-refractivity contribution in [3.63, 3.8) is 0 Å². The number of carbonyl (C=O) groups is 1. The Morgan fingerprint density at radius 2 is 1.96 bits per heavy atom. The van der Waals surface area contributed by atoms with Crippen molar-refractivity contribution in [2.24, 2.45) is 0 Å². The molecule has 3 heterocycles. The van der Waals surface area contributed by atoms with Crippen LogP contribution in [0.5, 0.6) is 5.88 Å². The number of likely N-dealkylation sites (tertiary alicyclic amines) is 1. The van der Waals surface area contributed by atoms with Crippen molar-refractivity contribution in [1.82, 2.24) is 14.8 Å². The fourth-order valence-electron chi connectivity index (χ4n) is 4.17. The molecular weight excluding hydrogens is 342 g/mol. The lowest BCUT2D eigenvalue weighted by molar-refractivity contribution is 0.0610. The minimum Gasteiger partial charge on any atom is -0.481 e. The molecule has 1 aromatic heterocycles. The molecule has 0 spiro atoms. The van der Waals surface area contributed by atoms with E-state index in [-0.39, 0.29) is 5.91 Å². The summed E-state index contributed by atoms with van der Waals surface area (Å²) in [4.78, 5) is 22.2. The maximum atomic E-state index is 13.2. The van der Waals surface area contributed by atoms with Gasteiger partial charge in [0.15, 0.2) is 0 Å². The van der Waals surface area contributed by atoms with E-state index in [4.69, 9.17) is 9.47 Å². The second-order valence-electron chi connectivity index (χ2n) is 7.25. The third-order valence-electron chi connectivity index (χ3n) is 5.66. The molecule has 0 aliphatic carbocycles. The largest absolute Gasteiger partial charge is 0.481 e. The van der Waals surface area contributed by atoms with Crippen LogP contribution in [0.15, 0.2) is 30.3 Å². The summed E-state index contributed by atoms with van der Waals surface area (Å²) in [5.74, 6) is 0.557. The molecule has 0 saturated carbocycles. The monoisotopic (exact) mass is 369 g/mol. The summed E-state index contributed by atoms with van der Waals surface area (Å²) >= 11 is 0. The van der Waals surface area contributed by atoms with Crippen molar-refractivity contribution in [3.05, 3.63) is 35.9 Å². The van der Waals surface area contributed by atoms with Crippen molar-refractivity contribution >= 4 is 16.8 Å². The van der Waals surface area contributed by atoms with Gasteiger partial charge >= 0.3 is 0 Å². The van der Waals surface area contributed by atoms with Crippen LogP contribution in [0.25, 0.3) is 10.9 Å². The minimum atomic E-state index is 0.0737. The van der Waals surface area contributed by atoms with Gasteiger partial charge in [-0.25, -0.2) is 4.98 Å². The Morgan fingerprint density at radius 1 is 1.15 bits per heavy atom. The van der Waals surface area contributed by atoms with Crippen molar-refractivity contribution in [3.8, 4) is 5.88 Å². The molecule has 0 unspecified atom stereocenters. The molecule has 2 aliphatic heterocycles. The lowest BCUT2D eigenvalue weighted by Crippen LogP contribution is -2.47. The van der Waals surface area contributed by atoms with Gasteiger partial charge in [0.1, 0.15) is 0 Å². The summed E-state index contributed by atoms with van der Waals surface area (Å²) in [5.41, 5.74) is 1.47. The van der Waals surface area contributed by atoms with Crippen LogP contribution in [-0.4, -0.2) is 73.2 Å². The van der Waals surface area contributed by atoms with E-state index in [1.807, 2.05) is 29.2 Å². The van der Waals surface area contributed by atoms with Crippen molar-refractivity contribution in [1.29, 1.82) is 0 Å². The Balaban J connectivity index is 1.49. The topological polar surface area (TPSA) is 54.9 Å². The number of hydrogen-bond donors (Lipinski definition) is 0. The lowest BCUT2D eigenvalue weighted by atomic mass is 10.0. The van der Waals surface area contributed by atoms with E-state index in [9.17, 15) is 4.79 Å². The van der Waals surface area contributed by atoms with Crippen molar-refractivity contribution in [2.45, 2.75) is 25.3 Å². The van der Waals surface area contributed by atoms with Gasteiger partial charge in [0, 0.05) is 50.3 Å². The van der Waals surface area contributed by atoms with E-state index in [1.165, 1.54) is 0 Å². The number of para-hydroxylation sites is 1. The van der Waals surface area contributed by atoms with E-state index < -0.39 is 0 Å². The number of rotatable bonds is 3. The SMILES string of the molecule is COc1cc(C(=O)N2CCC(N3CCCOCC3)CC2)c2ccccc2n1. The van der Waals surface area contributed by atoms with Gasteiger partial charge in [0.05, 0.1) is 24.8 Å². The van der Waals surface area contributed by atoms with Crippen LogP contribution in [0.4, 0.5) is 0 Å². The Bertz CT molecular complexity index is 794. The number of pyridine rings is 1. The first-order chi connectivity index (χ1) is 13.3. The molecular formula is C21H27N3O3. The molecule has 2 fully saturated rings. The Kier molecular flexibility index (Phi) is 5.55. The minimum absolute atomic E-state index is 0.0737. The van der Waals surface area contributed by atoms with E-state index in [0.29, 0.717) is 17.5 Å². The molecule has 6 heteroatoms. The molecule has 1 amide bonds. The van der Waals surface area contributed by atoms with Crippen LogP contribution in [0.1, 0.15) is 29.6 Å². The van der Waals surface area contributed by atoms with Gasteiger partial charge in [0.25, 0.3) is 5.91 Å². The predicted molar refractivity (Wildman–Crippen MR) is 104 cm³/mol. The second-order valence-corrected chi connectivity index (χ2v) is 7.25. The summed E-state index contributed by atoms with van der Waals surface area (Å²) in [6.07, 6.45) is 3.14. The third-order valence-corrected chi connectivity index (χ3v) is 5.66. The van der Waals surface area contributed by atoms with Crippen LogP contribution in [0, 0.1) is 0 Å². The van der Waals surface area contributed by atoms with E-state index in [2.05, 4.69) is 9.88 Å². The number of hydrogen-bond acceptors (Lipinski definition) is 5. The molecule has 27 heavy (non-hydrogen) atoms. The number of piperidine rings is 1. The van der Waals surface area contributed by atoms with Crippen molar-refractivity contribution in [2.75, 3.05) is 46.5 Å². The maximum Gasteiger partial charge on any atom is 0.254 e. The molecule has 4 rings (SSSR count). The first-order valence-corrected chi connectivity index (χ1v) is 9.81. The molecule has 0 N–H and O–H groups in total.